The van der Waals surface area contributed by atoms with Crippen molar-refractivity contribution < 1.29 is 4.80 Å². The lowest BCUT2D eigenvalue weighted by atomic mass is 10.0. The van der Waals surface area contributed by atoms with Gasteiger partial charge in [-0.1, -0.05) is 40.5 Å². The lowest BCUT2D eigenvalue weighted by Crippen LogP contribution is -2.37. The second kappa shape index (κ2) is 2.71. The molecule has 1 fully saturated rings. The molecule has 3 heteroatoms. The van der Waals surface area contributed by atoms with Crippen molar-refractivity contribution in [1.29, 1.82) is 0 Å². The molecule has 1 aliphatic heterocycles. The molecule has 0 unspecified atom stereocenters. The van der Waals surface area contributed by atoms with Crippen LogP contribution in [0.15, 0.2) is 0 Å². The van der Waals surface area contributed by atoms with Gasteiger partial charge in [-0.05, 0) is 10.1 Å². The van der Waals surface area contributed by atoms with Gasteiger partial charge in [0.1, 0.15) is 0 Å². The lowest BCUT2D eigenvalue weighted by molar-refractivity contribution is 0.577. The highest BCUT2D eigenvalue weighted by Gasteiger charge is 2.48. The second-order valence-corrected chi connectivity index (χ2v) is 10.6. The van der Waals surface area contributed by atoms with Gasteiger partial charge in [0.05, 0.1) is 8.31 Å². The molecule has 1 heterocycles. The van der Waals surface area contributed by atoms with Gasteiger partial charge in [-0.2, -0.15) is 0 Å². The van der Waals surface area contributed by atoms with Crippen molar-refractivity contribution >= 4 is 17.6 Å². The van der Waals surface area contributed by atoms with Crippen LogP contribution in [0.2, 0.25) is 10.1 Å². The van der Waals surface area contributed by atoms with Crippen LogP contribution in [0.5, 0.6) is 0 Å². The molecule has 11 heavy (non-hydrogen) atoms. The summed E-state index contributed by atoms with van der Waals surface area (Å²) in [5, 5.41) is 0.919. The maximum absolute atomic E-state index is 9.31. The maximum atomic E-state index is 9.31. The fourth-order valence-electron chi connectivity index (χ4n) is 2.09. The van der Waals surface area contributed by atoms with Crippen LogP contribution in [0.1, 0.15) is 40.5 Å². The Morgan fingerprint density at radius 2 is 1.45 bits per heavy atom. The molecule has 63 valence electrons. The monoisotopic (exact) mass is 185 g/mol. The third-order valence-corrected chi connectivity index (χ3v) is 11.0. The highest BCUT2D eigenvalue weighted by molar-refractivity contribution is 7.12. The maximum Gasteiger partial charge on any atom is 0.205 e. The molecular weight excluding hydrogens is 168 g/mol. The topological polar surface area (TPSA) is 20.2 Å². The van der Waals surface area contributed by atoms with Gasteiger partial charge in [-0.25, -0.2) is 0 Å². The van der Waals surface area contributed by atoms with Gasteiger partial charge in [0, 0.05) is 0 Å². The van der Waals surface area contributed by atoms with Crippen LogP contribution in [0, 0.1) is 0 Å². The van der Waals surface area contributed by atoms with Gasteiger partial charge in [0.2, 0.25) is 9.28 Å². The highest BCUT2D eigenvalue weighted by Crippen LogP contribution is 2.55. The van der Waals surface area contributed by atoms with E-state index in [4.69, 9.17) is 0 Å². The van der Waals surface area contributed by atoms with Gasteiger partial charge in [0.25, 0.3) is 0 Å². The van der Waals surface area contributed by atoms with Gasteiger partial charge in [-0.15, -0.1) is 0 Å². The molecular formula is C8H17OSi2. The molecule has 0 aromatic rings. The van der Waals surface area contributed by atoms with Gasteiger partial charge >= 0.3 is 0 Å². The first-order chi connectivity index (χ1) is 4.90. The molecule has 1 aliphatic rings. The Bertz CT molecular complexity index is 138. The van der Waals surface area contributed by atoms with Crippen molar-refractivity contribution in [3.63, 3.8) is 0 Å². The van der Waals surface area contributed by atoms with Crippen molar-refractivity contribution in [2.24, 2.45) is 0 Å². The third-order valence-electron chi connectivity index (χ3n) is 2.84. The van der Waals surface area contributed by atoms with E-state index in [0.29, 0.717) is 10.1 Å². The molecule has 0 saturated carbocycles. The highest BCUT2D eigenvalue weighted by atomic mass is 29.2. The Morgan fingerprint density at radius 3 is 1.64 bits per heavy atom. The first-order valence-corrected chi connectivity index (χ1v) is 7.63. The molecule has 0 aromatic carbocycles. The van der Waals surface area contributed by atoms with E-state index in [2.05, 4.69) is 27.7 Å². The summed E-state index contributed by atoms with van der Waals surface area (Å²) in [6.07, 6.45) is 2.61. The number of hydrogen-bond acceptors (Lipinski definition) is 1. The minimum absolute atomic E-state index is 0.216. The van der Waals surface area contributed by atoms with E-state index in [1.165, 1.54) is 12.8 Å². The van der Waals surface area contributed by atoms with E-state index in [-0.39, 0.29) is 9.28 Å². The number of hydrogen-bond donors (Lipinski definition) is 1. The smallest absolute Gasteiger partial charge is 0.205 e. The first-order valence-electron chi connectivity index (χ1n) is 4.18. The summed E-state index contributed by atoms with van der Waals surface area (Å²) >= 11 is 0. The SMILES string of the molecule is CC1(C)CCC(C)(C)[Si]1[Si]O. The summed E-state index contributed by atoms with van der Waals surface area (Å²) in [5.74, 6) is 0. The van der Waals surface area contributed by atoms with Gasteiger partial charge in [-0.3, -0.25) is 0 Å². The van der Waals surface area contributed by atoms with E-state index in [1.54, 1.807) is 0 Å². The van der Waals surface area contributed by atoms with E-state index >= 15 is 0 Å². The van der Waals surface area contributed by atoms with E-state index in [0.717, 1.165) is 0 Å². The van der Waals surface area contributed by atoms with Crippen LogP contribution >= 0.6 is 0 Å². The summed E-state index contributed by atoms with van der Waals surface area (Å²) in [6.45, 7) is 9.27. The molecule has 1 nitrogen and oxygen atoms in total. The molecule has 0 aliphatic carbocycles. The van der Waals surface area contributed by atoms with Crippen LogP contribution in [0.3, 0.4) is 0 Å². The summed E-state index contributed by atoms with van der Waals surface area (Å²) in [6, 6.07) is 0. The Hall–Kier alpha value is 0.394. The van der Waals surface area contributed by atoms with Crippen molar-refractivity contribution in [1.82, 2.24) is 0 Å². The van der Waals surface area contributed by atoms with Gasteiger partial charge < -0.3 is 4.80 Å². The summed E-state index contributed by atoms with van der Waals surface area (Å²) < 4.78 is 0. The Labute approximate surface area is 73.5 Å². The standard InChI is InChI=1S/C8H17OSi2/c1-7(2)5-6-8(3,4)11(7)10-9/h9H,5-6H2,1-4H3. The van der Waals surface area contributed by atoms with Crippen LogP contribution in [-0.2, 0) is 0 Å². The average Bonchev–Trinajstić information content (AvgIpc) is 2.03. The predicted octanol–water partition coefficient (Wildman–Crippen LogP) is 1.94. The van der Waals surface area contributed by atoms with E-state index < -0.39 is 8.31 Å². The number of rotatable bonds is 1. The minimum Gasteiger partial charge on any atom is -0.436 e. The van der Waals surface area contributed by atoms with Crippen LogP contribution < -0.4 is 0 Å². The van der Waals surface area contributed by atoms with Gasteiger partial charge in [0.15, 0.2) is 0 Å². The van der Waals surface area contributed by atoms with Crippen LogP contribution in [0.4, 0.5) is 0 Å². The molecule has 0 aromatic heterocycles. The zero-order chi connectivity index (χ0) is 8.70. The lowest BCUT2D eigenvalue weighted by Gasteiger charge is -2.30. The Morgan fingerprint density at radius 1 is 1.09 bits per heavy atom. The molecule has 0 atom stereocenters. The van der Waals surface area contributed by atoms with Crippen LogP contribution in [0.25, 0.3) is 0 Å². The fourth-order valence-corrected chi connectivity index (χ4v) is 7.85. The van der Waals surface area contributed by atoms with Crippen molar-refractivity contribution in [2.75, 3.05) is 0 Å². The molecule has 1 rings (SSSR count). The summed E-state index contributed by atoms with van der Waals surface area (Å²) in [4.78, 5) is 9.31. The second-order valence-electron chi connectivity index (χ2n) is 4.75. The van der Waals surface area contributed by atoms with Crippen LogP contribution in [-0.4, -0.2) is 22.4 Å². The molecule has 0 spiro atoms. The average molecular weight is 185 g/mol. The Kier molecular flexibility index (Phi) is 2.34. The zero-order valence-corrected chi connectivity index (χ0v) is 9.86. The largest absolute Gasteiger partial charge is 0.436 e. The normalized spacial score (nSPS) is 29.2. The molecule has 0 amide bonds. The summed E-state index contributed by atoms with van der Waals surface area (Å²) in [5.41, 5.74) is 0. The van der Waals surface area contributed by atoms with E-state index in [1.807, 2.05) is 0 Å². The van der Waals surface area contributed by atoms with E-state index in [9.17, 15) is 4.80 Å². The Balaban J connectivity index is 2.80. The first kappa shape index (κ1) is 9.48. The van der Waals surface area contributed by atoms with Crippen molar-refractivity contribution in [3.05, 3.63) is 0 Å². The predicted molar refractivity (Wildman–Crippen MR) is 51.0 cm³/mol. The molecule has 0 bridgehead atoms. The molecule has 1 N–H and O–H groups in total. The van der Waals surface area contributed by atoms with Crippen molar-refractivity contribution in [2.45, 2.75) is 50.6 Å². The molecule has 3 radical (unpaired) electrons. The quantitative estimate of drug-likeness (QED) is 0.619. The third kappa shape index (κ3) is 1.60. The summed E-state index contributed by atoms with van der Waals surface area (Å²) in [7, 11) is -0.305. The fraction of sp³-hybridized carbons (Fsp3) is 1.00. The molecule has 1 saturated heterocycles. The minimum atomic E-state index is -0.521. The van der Waals surface area contributed by atoms with Crippen molar-refractivity contribution in [3.8, 4) is 0 Å². The zero-order valence-electron chi connectivity index (χ0n) is 7.86.